The minimum atomic E-state index is -0.548. The molecule has 0 radical (unpaired) electrons. The molecule has 0 saturated carbocycles. The van der Waals surface area contributed by atoms with Crippen molar-refractivity contribution in [1.29, 1.82) is 0 Å². The van der Waals surface area contributed by atoms with Crippen molar-refractivity contribution in [2.24, 2.45) is 0 Å². The van der Waals surface area contributed by atoms with E-state index in [9.17, 15) is 15.2 Å². The van der Waals surface area contributed by atoms with E-state index in [2.05, 4.69) is 9.88 Å². The third kappa shape index (κ3) is 1.99. The van der Waals surface area contributed by atoms with Gasteiger partial charge in [0.2, 0.25) is 0 Å². The summed E-state index contributed by atoms with van der Waals surface area (Å²) in [6.45, 7) is 1.38. The predicted octanol–water partition coefficient (Wildman–Crippen LogP) is 0.389. The number of imidazole rings is 1. The van der Waals surface area contributed by atoms with Crippen molar-refractivity contribution in [2.45, 2.75) is 44.0 Å². The zero-order valence-corrected chi connectivity index (χ0v) is 9.97. The van der Waals surface area contributed by atoms with Crippen LogP contribution in [0.25, 0.3) is 0 Å². The Morgan fingerprint density at radius 2 is 2.50 bits per heavy atom. The van der Waals surface area contributed by atoms with Gasteiger partial charge in [0, 0.05) is 12.1 Å². The number of aliphatic hydroxyl groups is 1. The number of aromatic nitrogens is 2. The molecule has 3 rings (SSSR count). The molecule has 0 amide bonds. The van der Waals surface area contributed by atoms with Gasteiger partial charge in [-0.15, -0.1) is 0 Å². The van der Waals surface area contributed by atoms with Gasteiger partial charge in [-0.05, 0) is 30.7 Å². The Morgan fingerprint density at radius 1 is 1.67 bits per heavy atom. The number of hydrogen-bond acceptors (Lipinski definition) is 5. The highest BCUT2D eigenvalue weighted by molar-refractivity contribution is 5.09. The van der Waals surface area contributed by atoms with Crippen molar-refractivity contribution in [3.8, 4) is 0 Å². The van der Waals surface area contributed by atoms with Crippen LogP contribution in [-0.4, -0.2) is 49.2 Å². The fourth-order valence-corrected chi connectivity index (χ4v) is 3.05. The zero-order chi connectivity index (χ0) is 12.7. The molecule has 4 atom stereocenters. The Bertz CT molecular complexity index is 451. The largest absolute Gasteiger partial charge is 0.434 e. The van der Waals surface area contributed by atoms with Crippen LogP contribution < -0.4 is 0 Å². The second kappa shape index (κ2) is 4.33. The molecule has 4 unspecified atom stereocenters. The van der Waals surface area contributed by atoms with Crippen LogP contribution in [-0.2, 0) is 6.54 Å². The fourth-order valence-electron chi connectivity index (χ4n) is 3.05. The first-order valence-electron chi connectivity index (χ1n) is 6.26. The summed E-state index contributed by atoms with van der Waals surface area (Å²) in [5.41, 5.74) is 0. The number of nitro groups is 1. The van der Waals surface area contributed by atoms with Crippen LogP contribution in [0.3, 0.4) is 0 Å². The van der Waals surface area contributed by atoms with Gasteiger partial charge in [-0.2, -0.15) is 0 Å². The summed E-state index contributed by atoms with van der Waals surface area (Å²) < 4.78 is 1.40. The molecule has 2 saturated heterocycles. The topological polar surface area (TPSA) is 84.2 Å². The van der Waals surface area contributed by atoms with Crippen LogP contribution in [0.4, 0.5) is 5.95 Å². The molecule has 3 heterocycles. The van der Waals surface area contributed by atoms with Crippen LogP contribution in [0.2, 0.25) is 0 Å². The van der Waals surface area contributed by atoms with Gasteiger partial charge in [-0.25, -0.2) is 4.57 Å². The van der Waals surface area contributed by atoms with E-state index in [1.165, 1.54) is 29.8 Å². The third-order valence-electron chi connectivity index (χ3n) is 3.90. The summed E-state index contributed by atoms with van der Waals surface area (Å²) in [5, 5.41) is 20.7. The monoisotopic (exact) mass is 252 g/mol. The normalized spacial score (nSPS) is 31.1. The highest BCUT2D eigenvalue weighted by Gasteiger charge is 2.50. The first-order valence-corrected chi connectivity index (χ1v) is 6.26. The second-order valence-corrected chi connectivity index (χ2v) is 5.04. The molecular formula is C11H16N4O3. The Morgan fingerprint density at radius 3 is 3.17 bits per heavy atom. The van der Waals surface area contributed by atoms with Crippen molar-refractivity contribution in [1.82, 2.24) is 14.5 Å². The van der Waals surface area contributed by atoms with Gasteiger partial charge >= 0.3 is 5.95 Å². The fraction of sp³-hybridized carbons (Fsp3) is 0.727. The standard InChI is InChI=1S/C11H16N4O3/c16-8(6-10-9-2-1-4-14(9)10)7-13-5-3-12-11(13)15(17)18/h3,5,8-10,16H,1-2,4,6-7H2. The smallest absolute Gasteiger partial charge is 0.390 e. The molecule has 98 valence electrons. The summed E-state index contributed by atoms with van der Waals surface area (Å²) in [4.78, 5) is 16.2. The number of piperidine rings is 1. The number of nitrogens with zero attached hydrogens (tertiary/aromatic N) is 4. The van der Waals surface area contributed by atoms with E-state index >= 15 is 0 Å². The molecule has 1 aromatic heterocycles. The highest BCUT2D eigenvalue weighted by atomic mass is 16.6. The summed E-state index contributed by atoms with van der Waals surface area (Å²) >= 11 is 0. The number of fused-ring (bicyclic) bond motifs is 1. The molecule has 1 N–H and O–H groups in total. The van der Waals surface area contributed by atoms with E-state index in [1.54, 1.807) is 0 Å². The number of aliphatic hydroxyl groups excluding tert-OH is 1. The summed E-state index contributed by atoms with van der Waals surface area (Å²) in [5.74, 6) is -0.203. The Balaban J connectivity index is 1.56. The first-order chi connectivity index (χ1) is 8.66. The molecule has 2 fully saturated rings. The van der Waals surface area contributed by atoms with Gasteiger partial charge in [0.25, 0.3) is 0 Å². The van der Waals surface area contributed by atoms with Crippen molar-refractivity contribution in [3.05, 3.63) is 22.5 Å². The van der Waals surface area contributed by atoms with Gasteiger partial charge in [-0.3, -0.25) is 4.90 Å². The lowest BCUT2D eigenvalue weighted by Crippen LogP contribution is -2.21. The Labute approximate surface area is 104 Å². The van der Waals surface area contributed by atoms with Crippen LogP contribution in [0.15, 0.2) is 12.4 Å². The van der Waals surface area contributed by atoms with E-state index in [1.807, 2.05) is 0 Å². The maximum Gasteiger partial charge on any atom is 0.434 e. The van der Waals surface area contributed by atoms with E-state index in [0.717, 1.165) is 6.54 Å². The average Bonchev–Trinajstić information content (AvgIpc) is 2.77. The van der Waals surface area contributed by atoms with Crippen LogP contribution in [0.1, 0.15) is 19.3 Å². The molecule has 18 heavy (non-hydrogen) atoms. The molecule has 1 aromatic rings. The van der Waals surface area contributed by atoms with Crippen LogP contribution in [0, 0.1) is 10.1 Å². The molecule has 0 spiro atoms. The van der Waals surface area contributed by atoms with Crippen molar-refractivity contribution < 1.29 is 10.0 Å². The van der Waals surface area contributed by atoms with Crippen molar-refractivity contribution in [3.63, 3.8) is 0 Å². The highest BCUT2D eigenvalue weighted by Crippen LogP contribution is 2.40. The number of hydrogen-bond donors (Lipinski definition) is 1. The summed E-state index contributed by atoms with van der Waals surface area (Å²) in [6, 6.07) is 1.13. The lowest BCUT2D eigenvalue weighted by atomic mass is 10.1. The lowest BCUT2D eigenvalue weighted by molar-refractivity contribution is -0.397. The van der Waals surface area contributed by atoms with Crippen molar-refractivity contribution in [2.75, 3.05) is 6.54 Å². The van der Waals surface area contributed by atoms with E-state index in [4.69, 9.17) is 0 Å². The van der Waals surface area contributed by atoms with Crippen molar-refractivity contribution >= 4 is 5.95 Å². The third-order valence-corrected chi connectivity index (χ3v) is 3.90. The molecule has 0 aliphatic carbocycles. The summed E-state index contributed by atoms with van der Waals surface area (Å²) in [7, 11) is 0. The maximum atomic E-state index is 10.7. The maximum absolute atomic E-state index is 10.7. The predicted molar refractivity (Wildman–Crippen MR) is 63.0 cm³/mol. The molecule has 0 aromatic carbocycles. The van der Waals surface area contributed by atoms with E-state index in [0.29, 0.717) is 18.5 Å². The van der Waals surface area contributed by atoms with E-state index in [-0.39, 0.29) is 12.5 Å². The average molecular weight is 252 g/mol. The lowest BCUT2D eigenvalue weighted by Gasteiger charge is -2.10. The number of rotatable bonds is 5. The van der Waals surface area contributed by atoms with Gasteiger partial charge in [-0.1, -0.05) is 4.98 Å². The molecule has 7 heteroatoms. The summed E-state index contributed by atoms with van der Waals surface area (Å²) in [6.07, 6.45) is 5.55. The molecule has 2 aliphatic heterocycles. The van der Waals surface area contributed by atoms with Gasteiger partial charge in [0.15, 0.2) is 0 Å². The van der Waals surface area contributed by atoms with E-state index < -0.39 is 11.0 Å². The van der Waals surface area contributed by atoms with Gasteiger partial charge < -0.3 is 15.2 Å². The minimum Gasteiger partial charge on any atom is -0.390 e. The quantitative estimate of drug-likeness (QED) is 0.465. The second-order valence-electron chi connectivity index (χ2n) is 5.04. The Hall–Kier alpha value is -1.47. The molecule has 7 nitrogen and oxygen atoms in total. The zero-order valence-electron chi connectivity index (χ0n) is 9.97. The Kier molecular flexibility index (Phi) is 2.79. The molecule has 2 aliphatic rings. The minimum absolute atomic E-state index is 0.203. The van der Waals surface area contributed by atoms with Crippen LogP contribution >= 0.6 is 0 Å². The SMILES string of the molecule is O=[N+]([O-])c1nccn1CC(O)CC1C2CCCN21. The van der Waals surface area contributed by atoms with Crippen LogP contribution in [0.5, 0.6) is 0 Å². The molecular weight excluding hydrogens is 236 g/mol. The molecule has 0 bridgehead atoms. The first kappa shape index (κ1) is 11.6. The van der Waals surface area contributed by atoms with Gasteiger partial charge in [0.1, 0.15) is 12.4 Å². The van der Waals surface area contributed by atoms with Gasteiger partial charge in [0.05, 0.1) is 12.6 Å².